The number of aromatic nitrogens is 4. The van der Waals surface area contributed by atoms with Gasteiger partial charge in [-0.15, -0.1) is 16.4 Å². The summed E-state index contributed by atoms with van der Waals surface area (Å²) in [5, 5.41) is 18.4. The van der Waals surface area contributed by atoms with Crippen LogP contribution in [0.3, 0.4) is 0 Å². The number of hydrogen-bond donors (Lipinski definition) is 2. The highest BCUT2D eigenvalue weighted by molar-refractivity contribution is 7.18. The summed E-state index contributed by atoms with van der Waals surface area (Å²) in [4.78, 5) is 11.6. The quantitative estimate of drug-likeness (QED) is 0.569. The molecule has 0 aliphatic carbocycles. The van der Waals surface area contributed by atoms with E-state index in [0.717, 1.165) is 27.8 Å². The highest BCUT2D eigenvalue weighted by Crippen LogP contribution is 2.33. The van der Waals surface area contributed by atoms with E-state index in [9.17, 15) is 5.11 Å². The number of thiophene rings is 1. The first-order valence-electron chi connectivity index (χ1n) is 8.20. The van der Waals surface area contributed by atoms with Crippen molar-refractivity contribution in [2.75, 3.05) is 11.9 Å². The molecule has 0 amide bonds. The smallest absolute Gasteiger partial charge is 0.227 e. The zero-order valence-electron chi connectivity index (χ0n) is 14.3. The van der Waals surface area contributed by atoms with Crippen LogP contribution in [0.2, 0.25) is 0 Å². The minimum Gasteiger partial charge on any atom is -0.461 e. The van der Waals surface area contributed by atoms with Crippen LogP contribution in [0.1, 0.15) is 23.8 Å². The first kappa shape index (κ1) is 16.0. The molecule has 4 heterocycles. The average molecular weight is 357 g/mol. The fourth-order valence-corrected chi connectivity index (χ4v) is 3.80. The van der Waals surface area contributed by atoms with Crippen LogP contribution in [0.4, 0.5) is 5.95 Å². The molecule has 8 heteroatoms. The van der Waals surface area contributed by atoms with E-state index in [4.69, 9.17) is 14.4 Å². The maximum atomic E-state index is 9.53. The lowest BCUT2D eigenvalue weighted by atomic mass is 10.2. The molecule has 7 nitrogen and oxygen atoms in total. The van der Waals surface area contributed by atoms with Gasteiger partial charge in [-0.3, -0.25) is 0 Å². The van der Waals surface area contributed by atoms with Gasteiger partial charge in [0.1, 0.15) is 4.83 Å². The molecule has 0 saturated carbocycles. The molecule has 2 N–H and O–H groups in total. The number of furan rings is 1. The second-order valence-corrected chi connectivity index (χ2v) is 7.18. The highest BCUT2D eigenvalue weighted by atomic mass is 32.1. The van der Waals surface area contributed by atoms with Gasteiger partial charge in [-0.25, -0.2) is 9.97 Å². The van der Waals surface area contributed by atoms with Gasteiger partial charge in [-0.05, 0) is 38.0 Å². The molecule has 25 heavy (non-hydrogen) atoms. The number of rotatable bonds is 5. The first-order valence-corrected chi connectivity index (χ1v) is 9.01. The molecule has 0 fully saturated rings. The number of aryl methyl sites for hydroxylation is 2. The molecule has 0 radical (unpaired) electrons. The van der Waals surface area contributed by atoms with Gasteiger partial charge >= 0.3 is 0 Å². The van der Waals surface area contributed by atoms with E-state index >= 15 is 0 Å². The minimum atomic E-state index is -0.0911. The number of nitrogens with zero attached hydrogens (tertiary/aromatic N) is 4. The molecular weight excluding hydrogens is 338 g/mol. The molecule has 0 unspecified atom stereocenters. The fraction of sp³-hybridized carbons (Fsp3) is 0.353. The van der Waals surface area contributed by atoms with Crippen molar-refractivity contribution in [3.8, 4) is 11.6 Å². The second kappa shape index (κ2) is 6.12. The summed E-state index contributed by atoms with van der Waals surface area (Å²) in [5.74, 6) is 1.71. The summed E-state index contributed by atoms with van der Waals surface area (Å²) < 4.78 is 7.15. The van der Waals surface area contributed by atoms with Gasteiger partial charge in [0.05, 0.1) is 24.3 Å². The maximum absolute atomic E-state index is 9.53. The molecule has 0 spiro atoms. The minimum absolute atomic E-state index is 0.0277. The highest BCUT2D eigenvalue weighted by Gasteiger charge is 2.20. The van der Waals surface area contributed by atoms with Crippen LogP contribution in [0.25, 0.3) is 27.4 Å². The van der Waals surface area contributed by atoms with Crippen molar-refractivity contribution in [1.29, 1.82) is 0 Å². The molecule has 0 aromatic carbocycles. The molecule has 4 aromatic heterocycles. The number of fused-ring (bicyclic) bond motifs is 3. The largest absolute Gasteiger partial charge is 0.461 e. The van der Waals surface area contributed by atoms with E-state index in [-0.39, 0.29) is 12.6 Å². The number of anilines is 1. The Morgan fingerprint density at radius 3 is 2.88 bits per heavy atom. The van der Waals surface area contributed by atoms with Gasteiger partial charge in [0.25, 0.3) is 0 Å². The van der Waals surface area contributed by atoms with Gasteiger partial charge in [-0.1, -0.05) is 6.92 Å². The molecular formula is C17H19N5O2S. The third-order valence-corrected chi connectivity index (χ3v) is 5.49. The van der Waals surface area contributed by atoms with Crippen molar-refractivity contribution < 1.29 is 9.52 Å². The van der Waals surface area contributed by atoms with Crippen molar-refractivity contribution in [3.05, 3.63) is 28.8 Å². The zero-order chi connectivity index (χ0) is 17.6. The Labute approximate surface area is 148 Å². The van der Waals surface area contributed by atoms with Crippen molar-refractivity contribution in [1.82, 2.24) is 19.6 Å². The molecule has 4 rings (SSSR count). The first-order chi connectivity index (χ1) is 12.1. The van der Waals surface area contributed by atoms with E-state index in [1.54, 1.807) is 22.1 Å². The van der Waals surface area contributed by atoms with E-state index < -0.39 is 0 Å². The average Bonchev–Trinajstić information content (AvgIpc) is 3.32. The van der Waals surface area contributed by atoms with Crippen LogP contribution < -0.4 is 5.32 Å². The van der Waals surface area contributed by atoms with Crippen LogP contribution >= 0.6 is 11.3 Å². The standard InChI is InChI=1S/C17H19N5O2S/c1-4-11(8-23)18-17-20-16-13(9(2)10(3)25-16)15-19-14(21-22(15)17)12-6-5-7-24-12/h5-7,11,23H,4,8H2,1-3H3,(H,18,20)/t11-/m0/s1. The van der Waals surface area contributed by atoms with E-state index in [0.29, 0.717) is 17.5 Å². The number of aliphatic hydroxyl groups excluding tert-OH is 1. The third-order valence-electron chi connectivity index (χ3n) is 4.39. The summed E-state index contributed by atoms with van der Waals surface area (Å²) in [6.07, 6.45) is 2.38. The maximum Gasteiger partial charge on any atom is 0.227 e. The second-order valence-electron chi connectivity index (χ2n) is 5.98. The lowest BCUT2D eigenvalue weighted by molar-refractivity contribution is 0.271. The Bertz CT molecular complexity index is 1030. The fourth-order valence-electron chi connectivity index (χ4n) is 2.78. The third kappa shape index (κ3) is 2.58. The molecule has 4 aromatic rings. The van der Waals surface area contributed by atoms with Crippen LogP contribution in [-0.4, -0.2) is 37.3 Å². The Balaban J connectivity index is 1.99. The van der Waals surface area contributed by atoms with Gasteiger partial charge in [0.2, 0.25) is 11.8 Å². The van der Waals surface area contributed by atoms with Crippen LogP contribution in [0.15, 0.2) is 22.8 Å². The van der Waals surface area contributed by atoms with Gasteiger partial charge in [0.15, 0.2) is 11.4 Å². The van der Waals surface area contributed by atoms with E-state index in [1.807, 2.05) is 19.1 Å². The van der Waals surface area contributed by atoms with Gasteiger partial charge < -0.3 is 14.8 Å². The summed E-state index contributed by atoms with van der Waals surface area (Å²) >= 11 is 1.64. The van der Waals surface area contributed by atoms with Crippen molar-refractivity contribution in [2.24, 2.45) is 0 Å². The van der Waals surface area contributed by atoms with Crippen LogP contribution in [-0.2, 0) is 0 Å². The lowest BCUT2D eigenvalue weighted by Gasteiger charge is -2.15. The SMILES string of the molecule is CC[C@@H](CO)Nc1nc2sc(C)c(C)c2c2nc(-c3ccco3)nn12. The predicted octanol–water partition coefficient (Wildman–Crippen LogP) is 3.40. The van der Waals surface area contributed by atoms with E-state index in [2.05, 4.69) is 24.3 Å². The molecule has 0 saturated heterocycles. The summed E-state index contributed by atoms with van der Waals surface area (Å²) in [6.45, 7) is 6.20. The van der Waals surface area contributed by atoms with E-state index in [1.165, 1.54) is 4.88 Å². The van der Waals surface area contributed by atoms with Gasteiger partial charge in [-0.2, -0.15) is 4.52 Å². The lowest BCUT2D eigenvalue weighted by Crippen LogP contribution is -2.25. The Morgan fingerprint density at radius 1 is 1.36 bits per heavy atom. The molecule has 1 atom stereocenters. The Hall–Kier alpha value is -2.45. The summed E-state index contributed by atoms with van der Waals surface area (Å²) in [7, 11) is 0. The van der Waals surface area contributed by atoms with Gasteiger partial charge in [0, 0.05) is 4.88 Å². The summed E-state index contributed by atoms with van der Waals surface area (Å²) in [6, 6.07) is 3.56. The predicted molar refractivity (Wildman–Crippen MR) is 98.1 cm³/mol. The number of aliphatic hydroxyl groups is 1. The number of hydrogen-bond acceptors (Lipinski definition) is 7. The zero-order valence-corrected chi connectivity index (χ0v) is 15.1. The topological polar surface area (TPSA) is 88.5 Å². The Morgan fingerprint density at radius 2 is 2.20 bits per heavy atom. The molecule has 130 valence electrons. The Kier molecular flexibility index (Phi) is 3.93. The van der Waals surface area contributed by atoms with Crippen molar-refractivity contribution >= 4 is 33.1 Å². The summed E-state index contributed by atoms with van der Waals surface area (Å²) in [5.41, 5.74) is 1.91. The monoisotopic (exact) mass is 357 g/mol. The van der Waals surface area contributed by atoms with Crippen LogP contribution in [0.5, 0.6) is 0 Å². The van der Waals surface area contributed by atoms with Crippen LogP contribution in [0, 0.1) is 13.8 Å². The molecule has 0 bridgehead atoms. The molecule has 0 aliphatic rings. The van der Waals surface area contributed by atoms with Crippen molar-refractivity contribution in [2.45, 2.75) is 33.2 Å². The normalized spacial score (nSPS) is 13.0. The van der Waals surface area contributed by atoms with Crippen molar-refractivity contribution in [3.63, 3.8) is 0 Å². The molecule has 0 aliphatic heterocycles. The number of nitrogens with one attached hydrogen (secondary N) is 1.